The molecule has 0 atom stereocenters. The Bertz CT molecular complexity index is 611. The number of nitrogens with zero attached hydrogens (tertiary/aromatic N) is 2. The molecule has 0 saturated heterocycles. The van der Waals surface area contributed by atoms with Crippen molar-refractivity contribution in [2.45, 2.75) is 13.3 Å². The first-order valence-corrected chi connectivity index (χ1v) is 7.18. The van der Waals surface area contributed by atoms with Gasteiger partial charge in [0, 0.05) is 18.9 Å². The molecule has 0 bridgehead atoms. The Balaban J connectivity index is 2.10. The predicted molar refractivity (Wildman–Crippen MR) is 85.2 cm³/mol. The first-order valence-electron chi connectivity index (χ1n) is 6.43. The van der Waals surface area contributed by atoms with Crippen LogP contribution in [0.3, 0.4) is 0 Å². The van der Waals surface area contributed by atoms with E-state index in [-0.39, 0.29) is 5.91 Å². The number of halogens is 2. The second-order valence-corrected chi connectivity index (χ2v) is 5.09. The maximum Gasteiger partial charge on any atom is 0.258 e. The fourth-order valence-corrected chi connectivity index (χ4v) is 2.07. The molecule has 5 nitrogen and oxygen atoms in total. The topological polar surface area (TPSA) is 66.9 Å². The zero-order valence-corrected chi connectivity index (χ0v) is 12.9. The maximum atomic E-state index is 12.1. The van der Waals surface area contributed by atoms with Gasteiger partial charge in [-0.15, -0.1) is 0 Å². The van der Waals surface area contributed by atoms with Crippen molar-refractivity contribution < 1.29 is 4.79 Å². The Labute approximate surface area is 132 Å². The highest BCUT2D eigenvalue weighted by atomic mass is 35.5. The predicted octanol–water partition coefficient (Wildman–Crippen LogP) is 3.86. The van der Waals surface area contributed by atoms with E-state index in [9.17, 15) is 4.79 Å². The van der Waals surface area contributed by atoms with Crippen molar-refractivity contribution in [3.05, 3.63) is 46.2 Å². The Kier molecular flexibility index (Phi) is 5.36. The van der Waals surface area contributed by atoms with E-state index >= 15 is 0 Å². The molecule has 1 aromatic heterocycles. The summed E-state index contributed by atoms with van der Waals surface area (Å²) >= 11 is 12.0. The van der Waals surface area contributed by atoms with Gasteiger partial charge in [-0.25, -0.2) is 9.97 Å². The minimum absolute atomic E-state index is 0.327. The van der Waals surface area contributed by atoms with Crippen LogP contribution in [0.15, 0.2) is 30.6 Å². The smallest absolute Gasteiger partial charge is 0.258 e. The molecule has 110 valence electrons. The molecule has 1 heterocycles. The molecule has 2 N–H and O–H groups in total. The molecule has 0 spiro atoms. The second kappa shape index (κ2) is 7.24. The van der Waals surface area contributed by atoms with Gasteiger partial charge in [0.1, 0.15) is 0 Å². The molecular weight excluding hydrogens is 311 g/mol. The van der Waals surface area contributed by atoms with Crippen molar-refractivity contribution in [3.63, 3.8) is 0 Å². The number of nitrogens with one attached hydrogen (secondary N) is 2. The van der Waals surface area contributed by atoms with Crippen molar-refractivity contribution >= 4 is 40.7 Å². The van der Waals surface area contributed by atoms with Gasteiger partial charge in [0.15, 0.2) is 0 Å². The van der Waals surface area contributed by atoms with Crippen LogP contribution in [0.4, 0.5) is 11.6 Å². The second-order valence-electron chi connectivity index (χ2n) is 4.27. The Morgan fingerprint density at radius 1 is 1.19 bits per heavy atom. The molecule has 1 aromatic carbocycles. The van der Waals surface area contributed by atoms with E-state index in [1.807, 2.05) is 6.92 Å². The van der Waals surface area contributed by atoms with Gasteiger partial charge >= 0.3 is 0 Å². The lowest BCUT2D eigenvalue weighted by Crippen LogP contribution is -2.14. The lowest BCUT2D eigenvalue weighted by atomic mass is 10.2. The summed E-state index contributed by atoms with van der Waals surface area (Å²) in [5, 5.41) is 6.43. The summed E-state index contributed by atoms with van der Waals surface area (Å²) in [6, 6.07) is 5.01. The van der Waals surface area contributed by atoms with Gasteiger partial charge in [-0.1, -0.05) is 36.2 Å². The molecule has 0 fully saturated rings. The monoisotopic (exact) mass is 324 g/mol. The number of carbonyl (C=O) groups is 1. The van der Waals surface area contributed by atoms with Gasteiger partial charge in [0.05, 0.1) is 21.3 Å². The van der Waals surface area contributed by atoms with Crippen molar-refractivity contribution in [3.8, 4) is 0 Å². The van der Waals surface area contributed by atoms with Crippen LogP contribution in [0, 0.1) is 0 Å². The number of anilines is 2. The van der Waals surface area contributed by atoms with Crippen LogP contribution < -0.4 is 10.6 Å². The summed E-state index contributed by atoms with van der Waals surface area (Å²) in [6.07, 6.45) is 3.87. The van der Waals surface area contributed by atoms with E-state index < -0.39 is 0 Å². The number of rotatable bonds is 5. The van der Waals surface area contributed by atoms with E-state index in [1.54, 1.807) is 18.2 Å². The number of para-hydroxylation sites is 1. The van der Waals surface area contributed by atoms with Gasteiger partial charge < -0.3 is 10.6 Å². The molecule has 0 saturated carbocycles. The van der Waals surface area contributed by atoms with Crippen LogP contribution in [0.2, 0.25) is 10.0 Å². The van der Waals surface area contributed by atoms with Crippen LogP contribution in [0.25, 0.3) is 0 Å². The molecule has 21 heavy (non-hydrogen) atoms. The maximum absolute atomic E-state index is 12.1. The number of hydrogen-bond donors (Lipinski definition) is 2. The summed E-state index contributed by atoms with van der Waals surface area (Å²) in [7, 11) is 0. The highest BCUT2D eigenvalue weighted by Crippen LogP contribution is 2.30. The third-order valence-electron chi connectivity index (χ3n) is 2.65. The molecule has 2 aromatic rings. The van der Waals surface area contributed by atoms with E-state index in [4.69, 9.17) is 23.2 Å². The van der Waals surface area contributed by atoms with Gasteiger partial charge in [-0.2, -0.15) is 0 Å². The number of benzene rings is 1. The standard InChI is InChI=1S/C14H14Cl2N4O/c1-2-6-17-14-18-7-9(8-19-14)13(21)20-12-10(15)4-3-5-11(12)16/h3-5,7-8H,2,6H2,1H3,(H,20,21)(H,17,18,19). The number of hydrogen-bond acceptors (Lipinski definition) is 4. The van der Waals surface area contributed by atoms with E-state index in [0.717, 1.165) is 13.0 Å². The Hall–Kier alpha value is -1.85. The fraction of sp³-hybridized carbons (Fsp3) is 0.214. The SMILES string of the molecule is CCCNc1ncc(C(=O)Nc2c(Cl)cccc2Cl)cn1. The molecular formula is C14H14Cl2N4O. The number of carbonyl (C=O) groups excluding carboxylic acids is 1. The molecule has 0 unspecified atom stereocenters. The summed E-state index contributed by atoms with van der Waals surface area (Å²) in [4.78, 5) is 20.3. The quantitative estimate of drug-likeness (QED) is 0.876. The summed E-state index contributed by atoms with van der Waals surface area (Å²) in [6.45, 7) is 2.82. The summed E-state index contributed by atoms with van der Waals surface area (Å²) < 4.78 is 0. The van der Waals surface area contributed by atoms with Gasteiger partial charge in [-0.3, -0.25) is 4.79 Å². The third kappa shape index (κ3) is 4.06. The van der Waals surface area contributed by atoms with Crippen molar-refractivity contribution in [1.82, 2.24) is 9.97 Å². The normalized spacial score (nSPS) is 10.2. The minimum Gasteiger partial charge on any atom is -0.354 e. The minimum atomic E-state index is -0.368. The zero-order chi connectivity index (χ0) is 15.2. The fourth-order valence-electron chi connectivity index (χ4n) is 1.58. The molecule has 2 rings (SSSR count). The van der Waals surface area contributed by atoms with Gasteiger partial charge in [0.25, 0.3) is 5.91 Å². The Morgan fingerprint density at radius 3 is 2.38 bits per heavy atom. The van der Waals surface area contributed by atoms with Gasteiger partial charge in [0.2, 0.25) is 5.95 Å². The average molecular weight is 325 g/mol. The van der Waals surface area contributed by atoms with Crippen molar-refractivity contribution in [1.29, 1.82) is 0 Å². The molecule has 0 aliphatic carbocycles. The zero-order valence-electron chi connectivity index (χ0n) is 11.4. The van der Waals surface area contributed by atoms with E-state index in [0.29, 0.717) is 27.2 Å². The van der Waals surface area contributed by atoms with Gasteiger partial charge in [-0.05, 0) is 18.6 Å². The highest BCUT2D eigenvalue weighted by Gasteiger charge is 2.12. The van der Waals surface area contributed by atoms with Crippen LogP contribution in [-0.4, -0.2) is 22.4 Å². The first kappa shape index (κ1) is 15.5. The average Bonchev–Trinajstić information content (AvgIpc) is 2.49. The van der Waals surface area contributed by atoms with Crippen LogP contribution in [-0.2, 0) is 0 Å². The van der Waals surface area contributed by atoms with Crippen LogP contribution >= 0.6 is 23.2 Å². The van der Waals surface area contributed by atoms with Crippen LogP contribution in [0.1, 0.15) is 23.7 Å². The first-order chi connectivity index (χ1) is 10.1. The van der Waals surface area contributed by atoms with E-state index in [2.05, 4.69) is 20.6 Å². The van der Waals surface area contributed by atoms with Crippen molar-refractivity contribution in [2.75, 3.05) is 17.2 Å². The largest absolute Gasteiger partial charge is 0.354 e. The van der Waals surface area contributed by atoms with E-state index in [1.165, 1.54) is 12.4 Å². The molecule has 1 amide bonds. The summed E-state index contributed by atoms with van der Waals surface area (Å²) in [5.74, 6) is 0.121. The summed E-state index contributed by atoms with van der Waals surface area (Å²) in [5.41, 5.74) is 0.701. The molecule has 7 heteroatoms. The lowest BCUT2D eigenvalue weighted by molar-refractivity contribution is 0.102. The molecule has 0 aliphatic rings. The van der Waals surface area contributed by atoms with Crippen molar-refractivity contribution in [2.24, 2.45) is 0 Å². The third-order valence-corrected chi connectivity index (χ3v) is 3.28. The molecule has 0 aliphatic heterocycles. The number of amides is 1. The van der Waals surface area contributed by atoms with Crippen LogP contribution in [0.5, 0.6) is 0 Å². The Morgan fingerprint density at radius 2 is 1.81 bits per heavy atom. The molecule has 0 radical (unpaired) electrons. The highest BCUT2D eigenvalue weighted by molar-refractivity contribution is 6.40. The lowest BCUT2D eigenvalue weighted by Gasteiger charge is -2.09. The number of aromatic nitrogens is 2.